The van der Waals surface area contributed by atoms with E-state index >= 15 is 0 Å². The number of aryl methyl sites for hydroxylation is 1. The zero-order valence-electron chi connectivity index (χ0n) is 13.9. The van der Waals surface area contributed by atoms with Crippen LogP contribution in [0.2, 0.25) is 0 Å². The van der Waals surface area contributed by atoms with Crippen LogP contribution in [-0.4, -0.2) is 22.6 Å². The standard InChI is InChI=1S/C19H27IN2/c1-3-4-5-6-7-11-22-12-10-19-17(14-22)16-13-15(20)8-9-18(16)21(19)2/h8-9,13H,3-7,10-12,14H2,1-2H3. The van der Waals surface area contributed by atoms with Gasteiger partial charge in [0.2, 0.25) is 0 Å². The molecule has 0 saturated heterocycles. The zero-order valence-corrected chi connectivity index (χ0v) is 16.0. The number of fused-ring (bicyclic) bond motifs is 3. The SMILES string of the molecule is CCCCCCCN1CCc2c(c3cc(I)ccc3n2C)C1. The molecule has 22 heavy (non-hydrogen) atoms. The van der Waals surface area contributed by atoms with Crippen molar-refractivity contribution in [3.8, 4) is 0 Å². The second-order valence-electron chi connectivity index (χ2n) is 6.59. The number of benzene rings is 1. The van der Waals surface area contributed by atoms with Gasteiger partial charge in [0.25, 0.3) is 0 Å². The first-order valence-corrected chi connectivity index (χ1v) is 9.76. The Morgan fingerprint density at radius 2 is 1.95 bits per heavy atom. The lowest BCUT2D eigenvalue weighted by Crippen LogP contribution is -2.31. The van der Waals surface area contributed by atoms with Gasteiger partial charge in [0, 0.05) is 46.7 Å². The van der Waals surface area contributed by atoms with Crippen molar-refractivity contribution in [2.75, 3.05) is 13.1 Å². The van der Waals surface area contributed by atoms with Crippen molar-refractivity contribution in [2.45, 2.75) is 52.0 Å². The summed E-state index contributed by atoms with van der Waals surface area (Å²) in [4.78, 5) is 2.66. The molecule has 3 rings (SSSR count). The monoisotopic (exact) mass is 410 g/mol. The highest BCUT2D eigenvalue weighted by molar-refractivity contribution is 14.1. The van der Waals surface area contributed by atoms with Gasteiger partial charge >= 0.3 is 0 Å². The molecule has 2 nitrogen and oxygen atoms in total. The Morgan fingerprint density at radius 3 is 2.77 bits per heavy atom. The van der Waals surface area contributed by atoms with E-state index in [9.17, 15) is 0 Å². The lowest BCUT2D eigenvalue weighted by molar-refractivity contribution is 0.246. The van der Waals surface area contributed by atoms with Crippen LogP contribution < -0.4 is 0 Å². The minimum absolute atomic E-state index is 1.14. The molecule has 0 radical (unpaired) electrons. The van der Waals surface area contributed by atoms with E-state index in [-0.39, 0.29) is 0 Å². The highest BCUT2D eigenvalue weighted by Gasteiger charge is 2.22. The highest BCUT2D eigenvalue weighted by atomic mass is 127. The molecular weight excluding hydrogens is 383 g/mol. The van der Waals surface area contributed by atoms with E-state index < -0.39 is 0 Å². The van der Waals surface area contributed by atoms with Crippen molar-refractivity contribution in [3.05, 3.63) is 33.0 Å². The quantitative estimate of drug-likeness (QED) is 0.475. The molecule has 1 aliphatic rings. The minimum Gasteiger partial charge on any atom is -0.347 e. The smallest absolute Gasteiger partial charge is 0.0484 e. The molecule has 3 heteroatoms. The summed E-state index contributed by atoms with van der Waals surface area (Å²) in [5, 5.41) is 1.47. The van der Waals surface area contributed by atoms with E-state index in [0.29, 0.717) is 0 Å². The maximum atomic E-state index is 2.66. The van der Waals surface area contributed by atoms with Gasteiger partial charge in [-0.05, 0) is 59.3 Å². The third-order valence-corrected chi connectivity index (χ3v) is 5.69. The first-order valence-electron chi connectivity index (χ1n) is 8.68. The van der Waals surface area contributed by atoms with Crippen molar-refractivity contribution < 1.29 is 0 Å². The topological polar surface area (TPSA) is 8.17 Å². The van der Waals surface area contributed by atoms with Crippen molar-refractivity contribution >= 4 is 33.5 Å². The highest BCUT2D eigenvalue weighted by Crippen LogP contribution is 2.31. The first kappa shape index (κ1) is 16.3. The maximum Gasteiger partial charge on any atom is 0.0484 e. The summed E-state index contributed by atoms with van der Waals surface area (Å²) < 4.78 is 3.76. The second kappa shape index (κ2) is 7.35. The van der Waals surface area contributed by atoms with Crippen molar-refractivity contribution in [2.24, 2.45) is 7.05 Å². The molecular formula is C19H27IN2. The number of aromatic nitrogens is 1. The van der Waals surface area contributed by atoms with Crippen LogP contribution in [0.3, 0.4) is 0 Å². The van der Waals surface area contributed by atoms with Gasteiger partial charge < -0.3 is 4.57 Å². The molecule has 0 amide bonds. The van der Waals surface area contributed by atoms with Gasteiger partial charge in [-0.1, -0.05) is 32.6 Å². The van der Waals surface area contributed by atoms with Crippen LogP contribution in [0.4, 0.5) is 0 Å². The van der Waals surface area contributed by atoms with Crippen LogP contribution in [0.25, 0.3) is 10.9 Å². The van der Waals surface area contributed by atoms with Crippen molar-refractivity contribution in [3.63, 3.8) is 0 Å². The number of hydrogen-bond acceptors (Lipinski definition) is 1. The van der Waals surface area contributed by atoms with E-state index in [0.717, 1.165) is 6.54 Å². The molecule has 120 valence electrons. The number of halogens is 1. The predicted octanol–water partition coefficient (Wildman–Crippen LogP) is 5.11. The molecule has 1 aromatic carbocycles. The van der Waals surface area contributed by atoms with Gasteiger partial charge in [-0.2, -0.15) is 0 Å². The Hall–Kier alpha value is -0.550. The van der Waals surface area contributed by atoms with Crippen LogP contribution >= 0.6 is 22.6 Å². The van der Waals surface area contributed by atoms with E-state index in [4.69, 9.17) is 0 Å². The lowest BCUT2D eigenvalue weighted by Gasteiger charge is -2.27. The Morgan fingerprint density at radius 1 is 1.14 bits per heavy atom. The van der Waals surface area contributed by atoms with E-state index in [1.54, 1.807) is 11.3 Å². The van der Waals surface area contributed by atoms with Gasteiger partial charge in [-0.3, -0.25) is 4.90 Å². The second-order valence-corrected chi connectivity index (χ2v) is 7.83. The van der Waals surface area contributed by atoms with Crippen LogP contribution in [0.15, 0.2) is 18.2 Å². The Balaban J connectivity index is 1.71. The summed E-state index contributed by atoms with van der Waals surface area (Å²) in [5.74, 6) is 0. The van der Waals surface area contributed by atoms with E-state index in [1.165, 1.54) is 66.1 Å². The lowest BCUT2D eigenvalue weighted by atomic mass is 10.0. The fraction of sp³-hybridized carbons (Fsp3) is 0.579. The maximum absolute atomic E-state index is 2.66. The zero-order chi connectivity index (χ0) is 15.5. The van der Waals surface area contributed by atoms with Gasteiger partial charge in [0.15, 0.2) is 0 Å². The molecule has 0 N–H and O–H groups in total. The molecule has 0 unspecified atom stereocenters. The van der Waals surface area contributed by atoms with Gasteiger partial charge in [-0.15, -0.1) is 0 Å². The molecule has 2 heterocycles. The summed E-state index contributed by atoms with van der Waals surface area (Å²) in [7, 11) is 2.23. The third-order valence-electron chi connectivity index (χ3n) is 5.02. The molecule has 0 atom stereocenters. The van der Waals surface area contributed by atoms with Gasteiger partial charge in [-0.25, -0.2) is 0 Å². The van der Waals surface area contributed by atoms with Gasteiger partial charge in [0.05, 0.1) is 0 Å². The van der Waals surface area contributed by atoms with E-state index in [2.05, 4.69) is 64.2 Å². The number of rotatable bonds is 6. The molecule has 0 bridgehead atoms. The summed E-state index contributed by atoms with van der Waals surface area (Å²) in [6.07, 6.45) is 8.09. The summed E-state index contributed by atoms with van der Waals surface area (Å²) in [6, 6.07) is 6.86. The average Bonchev–Trinajstić information content (AvgIpc) is 2.79. The molecule has 0 fully saturated rings. The molecule has 0 spiro atoms. The van der Waals surface area contributed by atoms with Crippen molar-refractivity contribution in [1.82, 2.24) is 9.47 Å². The summed E-state index contributed by atoms with van der Waals surface area (Å²) in [6.45, 7) is 5.92. The Labute approximate surface area is 148 Å². The van der Waals surface area contributed by atoms with Crippen LogP contribution in [0.1, 0.15) is 50.3 Å². The summed E-state index contributed by atoms with van der Waals surface area (Å²) in [5.41, 5.74) is 4.53. The van der Waals surface area contributed by atoms with Gasteiger partial charge in [0.1, 0.15) is 0 Å². The Kier molecular flexibility index (Phi) is 5.45. The normalized spacial score (nSPS) is 15.4. The molecule has 0 aliphatic carbocycles. The average molecular weight is 410 g/mol. The van der Waals surface area contributed by atoms with Crippen LogP contribution in [0, 0.1) is 3.57 Å². The Bertz CT molecular complexity index is 644. The minimum atomic E-state index is 1.14. The first-order chi connectivity index (χ1) is 10.7. The molecule has 1 aromatic heterocycles. The van der Waals surface area contributed by atoms with Crippen molar-refractivity contribution in [1.29, 1.82) is 0 Å². The number of unbranched alkanes of at least 4 members (excludes halogenated alkanes) is 4. The van der Waals surface area contributed by atoms with Crippen LogP contribution in [-0.2, 0) is 20.0 Å². The van der Waals surface area contributed by atoms with E-state index in [1.807, 2.05) is 0 Å². The third kappa shape index (κ3) is 3.35. The molecule has 0 saturated carbocycles. The fourth-order valence-corrected chi connectivity index (χ4v) is 4.23. The summed E-state index contributed by atoms with van der Waals surface area (Å²) >= 11 is 2.43. The largest absolute Gasteiger partial charge is 0.347 e. The number of hydrogen-bond donors (Lipinski definition) is 0. The molecule has 2 aromatic rings. The van der Waals surface area contributed by atoms with Crippen LogP contribution in [0.5, 0.6) is 0 Å². The fourth-order valence-electron chi connectivity index (χ4n) is 3.74. The predicted molar refractivity (Wildman–Crippen MR) is 103 cm³/mol. The number of nitrogens with zero attached hydrogens (tertiary/aromatic N) is 2. The molecule has 1 aliphatic heterocycles.